The van der Waals surface area contributed by atoms with Crippen molar-refractivity contribution in [3.8, 4) is 11.1 Å². The fourth-order valence-corrected chi connectivity index (χ4v) is 9.48. The van der Waals surface area contributed by atoms with E-state index in [1.54, 1.807) is 19.2 Å². The van der Waals surface area contributed by atoms with Gasteiger partial charge in [-0.3, -0.25) is 9.69 Å². The van der Waals surface area contributed by atoms with Crippen LogP contribution in [0.2, 0.25) is 0 Å². The molecule has 1 amide bonds. The number of nitrogens with one attached hydrogen (secondary N) is 1. The average Bonchev–Trinajstić information content (AvgIpc) is 3.38. The van der Waals surface area contributed by atoms with E-state index in [1.165, 1.54) is 6.42 Å². The zero-order chi connectivity index (χ0) is 32.8. The predicted molar refractivity (Wildman–Crippen MR) is 181 cm³/mol. The Morgan fingerprint density at radius 3 is 2.37 bits per heavy atom. The first-order chi connectivity index (χ1) is 21.3. The van der Waals surface area contributed by atoms with Gasteiger partial charge >= 0.3 is 5.97 Å². The predicted octanol–water partition coefficient (Wildman–Crippen LogP) is 4.50. The number of aryl methyl sites for hydroxylation is 1. The molecule has 2 aliphatic rings. The van der Waals surface area contributed by atoms with Crippen molar-refractivity contribution in [1.29, 1.82) is 0 Å². The highest BCUT2D eigenvalue weighted by molar-refractivity contribution is 7.92. The van der Waals surface area contributed by atoms with Gasteiger partial charge in [-0.05, 0) is 72.9 Å². The van der Waals surface area contributed by atoms with Gasteiger partial charge < -0.3 is 15.2 Å². The Kier molecular flexibility index (Phi) is 13.4. The molecule has 2 aromatic rings. The van der Waals surface area contributed by atoms with E-state index in [4.69, 9.17) is 4.74 Å². The second-order valence-corrected chi connectivity index (χ2v) is 17.3. The number of carbonyl (C=O) groups excluding carboxylic acids is 1. The lowest BCUT2D eigenvalue weighted by atomic mass is 9.91. The molecule has 0 aromatic heterocycles. The number of rotatable bonds is 14. The van der Waals surface area contributed by atoms with Crippen LogP contribution in [-0.2, 0) is 35.8 Å². The molecule has 3 atom stereocenters. The Labute approximate surface area is 274 Å². The number of carboxylic acid groups (broad SMARTS) is 1. The normalized spacial score (nSPS) is 20.2. The van der Waals surface area contributed by atoms with Crippen LogP contribution in [0.5, 0.6) is 0 Å². The third-order valence-corrected chi connectivity index (χ3v) is 12.3. The number of likely N-dealkylation sites (tertiary alicyclic amines) is 1. The Balaban J connectivity index is 0.00000576. The van der Waals surface area contributed by atoms with Gasteiger partial charge in [0.1, 0.15) is 15.9 Å². The molecule has 2 aromatic carbocycles. The molecule has 46 heavy (non-hydrogen) atoms. The molecular formula is C34H50N2O8S2. The van der Waals surface area contributed by atoms with Crippen molar-refractivity contribution in [2.45, 2.75) is 83.2 Å². The highest BCUT2D eigenvalue weighted by Crippen LogP contribution is 2.33. The summed E-state index contributed by atoms with van der Waals surface area (Å²) in [5, 5.41) is 11.7. The lowest BCUT2D eigenvalue weighted by Crippen LogP contribution is -2.42. The molecule has 0 spiro atoms. The highest BCUT2D eigenvalue weighted by Gasteiger charge is 2.40. The number of carbonyl (C=O) groups is 2. The summed E-state index contributed by atoms with van der Waals surface area (Å²) in [6.45, 7) is 3.19. The maximum absolute atomic E-state index is 13.5. The highest BCUT2D eigenvalue weighted by atomic mass is 32.2. The van der Waals surface area contributed by atoms with Crippen LogP contribution in [0.1, 0.15) is 73.9 Å². The van der Waals surface area contributed by atoms with E-state index >= 15 is 0 Å². The summed E-state index contributed by atoms with van der Waals surface area (Å²) in [5.41, 5.74) is 3.47. The zero-order valence-electron chi connectivity index (χ0n) is 26.4. The Hall–Kier alpha value is -2.80. The molecule has 1 saturated heterocycles. The van der Waals surface area contributed by atoms with E-state index in [1.807, 2.05) is 37.3 Å². The lowest BCUT2D eigenvalue weighted by molar-refractivity contribution is -0.139. The van der Waals surface area contributed by atoms with Crippen LogP contribution < -0.4 is 5.32 Å². The average molecular weight is 679 g/mol. The third kappa shape index (κ3) is 10.1. The summed E-state index contributed by atoms with van der Waals surface area (Å²) in [6.07, 6.45) is 6.60. The quantitative estimate of drug-likeness (QED) is 0.295. The number of amides is 1. The molecule has 0 bridgehead atoms. The van der Waals surface area contributed by atoms with Gasteiger partial charge in [0.25, 0.3) is 5.91 Å². The van der Waals surface area contributed by atoms with E-state index in [2.05, 4.69) is 10.2 Å². The summed E-state index contributed by atoms with van der Waals surface area (Å²) in [4.78, 5) is 27.5. The fourth-order valence-electron chi connectivity index (χ4n) is 6.62. The third-order valence-electron chi connectivity index (χ3n) is 9.08. The summed E-state index contributed by atoms with van der Waals surface area (Å²) < 4.78 is 55.8. The molecule has 2 N–H and O–H groups in total. The zero-order valence-corrected chi connectivity index (χ0v) is 28.0. The molecule has 256 valence electrons. The maximum atomic E-state index is 13.5. The molecular weight excluding hydrogens is 629 g/mol. The van der Waals surface area contributed by atoms with Crippen molar-refractivity contribution in [1.82, 2.24) is 10.2 Å². The van der Waals surface area contributed by atoms with E-state index in [0.29, 0.717) is 31.7 Å². The number of methoxy groups -OCH3 is 1. The van der Waals surface area contributed by atoms with Gasteiger partial charge in [-0.1, -0.05) is 57.0 Å². The minimum absolute atomic E-state index is 0. The molecule has 4 rings (SSSR count). The van der Waals surface area contributed by atoms with E-state index < -0.39 is 42.8 Å². The number of carboxylic acids is 1. The summed E-state index contributed by atoms with van der Waals surface area (Å²) in [5.74, 6) is -1.82. The summed E-state index contributed by atoms with van der Waals surface area (Å²) >= 11 is 0. The van der Waals surface area contributed by atoms with Crippen LogP contribution >= 0.6 is 0 Å². The van der Waals surface area contributed by atoms with Crippen molar-refractivity contribution in [3.05, 3.63) is 59.2 Å². The van der Waals surface area contributed by atoms with E-state index in [9.17, 15) is 31.5 Å². The maximum Gasteiger partial charge on any atom is 0.326 e. The number of hydrogen-bond acceptors (Lipinski definition) is 8. The van der Waals surface area contributed by atoms with Crippen molar-refractivity contribution in [2.75, 3.05) is 38.0 Å². The van der Waals surface area contributed by atoms with Gasteiger partial charge in [0.2, 0.25) is 0 Å². The molecule has 10 nitrogen and oxygen atoms in total. The Morgan fingerprint density at radius 1 is 1.04 bits per heavy atom. The topological polar surface area (TPSA) is 147 Å². The van der Waals surface area contributed by atoms with E-state index in [0.717, 1.165) is 48.6 Å². The molecule has 1 heterocycles. The van der Waals surface area contributed by atoms with Gasteiger partial charge in [-0.15, -0.1) is 0 Å². The van der Waals surface area contributed by atoms with Crippen molar-refractivity contribution in [3.63, 3.8) is 0 Å². The van der Waals surface area contributed by atoms with Gasteiger partial charge in [0.05, 0.1) is 23.4 Å². The molecule has 0 radical (unpaired) electrons. The van der Waals surface area contributed by atoms with Gasteiger partial charge in [0, 0.05) is 38.1 Å². The first kappa shape index (κ1) is 37.7. The number of ether oxygens (including phenoxy) is 1. The van der Waals surface area contributed by atoms with Crippen molar-refractivity contribution >= 4 is 31.6 Å². The first-order valence-corrected chi connectivity index (χ1v) is 19.4. The number of nitrogens with zero attached hydrogens (tertiary/aromatic N) is 1. The van der Waals surface area contributed by atoms with Gasteiger partial charge in [-0.25, -0.2) is 21.6 Å². The monoisotopic (exact) mass is 678 g/mol. The minimum atomic E-state index is -3.42. The summed E-state index contributed by atoms with van der Waals surface area (Å²) in [7, 11) is -5.08. The lowest BCUT2D eigenvalue weighted by Gasteiger charge is -2.25. The van der Waals surface area contributed by atoms with E-state index in [-0.39, 0.29) is 42.9 Å². The fraction of sp³-hybridized carbons (Fsp3) is 0.588. The molecule has 12 heteroatoms. The SMILES string of the molecule is C.COC[C@H]1C[C@@H](S(=O)(=O)CC2CCCCC2)CN1Cc1ccc(C(=O)N[C@@H](CCS(C)(=O)=O)C(=O)O)c(-c2ccccc2C)c1. The van der Waals surface area contributed by atoms with Crippen LogP contribution in [0.3, 0.4) is 0 Å². The van der Waals surface area contributed by atoms with Gasteiger partial charge in [0.15, 0.2) is 9.84 Å². The molecule has 1 saturated carbocycles. The molecule has 1 aliphatic heterocycles. The molecule has 2 fully saturated rings. The van der Waals surface area contributed by atoms with Crippen LogP contribution in [0.25, 0.3) is 11.1 Å². The van der Waals surface area contributed by atoms with Crippen LogP contribution in [0.15, 0.2) is 42.5 Å². The minimum Gasteiger partial charge on any atom is -0.480 e. The van der Waals surface area contributed by atoms with Crippen LogP contribution in [0.4, 0.5) is 0 Å². The second kappa shape index (κ2) is 16.3. The number of aliphatic carboxylic acids is 1. The summed E-state index contributed by atoms with van der Waals surface area (Å²) in [6, 6.07) is 11.5. The standard InChI is InChI=1S/C33H46N2O8S2.CH4/c1-23-9-7-8-12-28(23)30-17-25(13-14-29(30)32(36)34-31(33(37)38)15-16-44(3,39)40)19-35-20-27(18-26(35)21-43-2)45(41,42)22-24-10-5-4-6-11-24;/h7-9,12-14,17,24,26-27,31H,4-6,10-11,15-16,18-22H2,1-3H3,(H,34,36)(H,37,38);1H4/t26-,27-,31+;/m1./s1. The number of hydrogen-bond donors (Lipinski definition) is 2. The molecule has 0 unspecified atom stereocenters. The molecule has 1 aliphatic carbocycles. The smallest absolute Gasteiger partial charge is 0.326 e. The first-order valence-electron chi connectivity index (χ1n) is 15.6. The Bertz CT molecular complexity index is 1570. The van der Waals surface area contributed by atoms with Crippen LogP contribution in [0, 0.1) is 12.8 Å². The second-order valence-electron chi connectivity index (χ2n) is 12.7. The largest absolute Gasteiger partial charge is 0.480 e. The van der Waals surface area contributed by atoms with Crippen LogP contribution in [-0.4, -0.2) is 94.1 Å². The number of sulfone groups is 2. The van der Waals surface area contributed by atoms with Gasteiger partial charge in [-0.2, -0.15) is 0 Å². The number of benzene rings is 2. The van der Waals surface area contributed by atoms with Crippen molar-refractivity contribution < 1.29 is 36.3 Å². The van der Waals surface area contributed by atoms with Crippen molar-refractivity contribution in [2.24, 2.45) is 5.92 Å². The Morgan fingerprint density at radius 2 is 1.74 bits per heavy atom.